The largest absolute Gasteiger partial charge is 0.472 e. The molecule has 60 heavy (non-hydrogen) atoms. The Bertz CT molecular complexity index is 1310. The molecule has 0 bridgehead atoms. The van der Waals surface area contributed by atoms with E-state index >= 15 is 0 Å². The molecule has 1 fully saturated rings. The highest BCUT2D eigenvalue weighted by Crippen LogP contribution is 2.44. The van der Waals surface area contributed by atoms with Gasteiger partial charge in [-0.3, -0.25) is 23.2 Å². The molecule has 1 saturated heterocycles. The number of aliphatic hydroxyl groups is 1. The van der Waals surface area contributed by atoms with Gasteiger partial charge in [-0.1, -0.05) is 127 Å². The Morgan fingerprint density at radius 1 is 0.583 bits per heavy atom. The van der Waals surface area contributed by atoms with Crippen LogP contribution in [0, 0.1) is 0 Å². The molecule has 0 aliphatic carbocycles. The first-order valence-electron chi connectivity index (χ1n) is 22.5. The molecule has 0 aromatic carbocycles. The average molecular weight is 893 g/mol. The van der Waals surface area contributed by atoms with Gasteiger partial charge in [0.25, 0.3) is 0 Å². The smallest absolute Gasteiger partial charge is 0.462 e. The van der Waals surface area contributed by atoms with Crippen molar-refractivity contribution in [3.63, 3.8) is 0 Å². The number of unbranched alkanes of at least 4 members (excludes halogenated alkanes) is 14. The van der Waals surface area contributed by atoms with E-state index in [4.69, 9.17) is 28.5 Å². The highest BCUT2D eigenvalue weighted by Gasteiger charge is 2.36. The minimum absolute atomic E-state index is 0.0981. The molecular formula is C44H78O14P2. The second-order valence-electron chi connectivity index (χ2n) is 15.4. The van der Waals surface area contributed by atoms with Crippen molar-refractivity contribution >= 4 is 27.6 Å². The zero-order valence-electron chi connectivity index (χ0n) is 36.5. The summed E-state index contributed by atoms with van der Waals surface area (Å²) in [5.41, 5.74) is 0. The molecule has 0 radical (unpaired) electrons. The third kappa shape index (κ3) is 36.7. The first-order chi connectivity index (χ1) is 28.8. The van der Waals surface area contributed by atoms with Crippen molar-refractivity contribution in [1.82, 2.24) is 0 Å². The van der Waals surface area contributed by atoms with E-state index in [1.807, 2.05) is 0 Å². The van der Waals surface area contributed by atoms with Gasteiger partial charge in [0.15, 0.2) is 6.10 Å². The van der Waals surface area contributed by atoms with Crippen molar-refractivity contribution in [2.75, 3.05) is 26.4 Å². The summed E-state index contributed by atoms with van der Waals surface area (Å²) in [7, 11) is -9.69. The Labute approximate surface area is 360 Å². The van der Waals surface area contributed by atoms with Crippen molar-refractivity contribution in [3.05, 3.63) is 48.6 Å². The maximum atomic E-state index is 12.7. The number of epoxide rings is 1. The molecule has 5 atom stereocenters. The summed E-state index contributed by atoms with van der Waals surface area (Å²) in [6.45, 7) is 1.65. The second-order valence-corrected chi connectivity index (χ2v) is 18.0. The summed E-state index contributed by atoms with van der Waals surface area (Å²) in [4.78, 5) is 52.8. The third-order valence-electron chi connectivity index (χ3n) is 9.60. The molecule has 0 amide bonds. The molecule has 0 spiro atoms. The summed E-state index contributed by atoms with van der Waals surface area (Å²) in [6.07, 6.45) is 38.3. The number of phosphoric ester groups is 2. The molecule has 0 saturated carbocycles. The fourth-order valence-electron chi connectivity index (χ4n) is 6.07. The minimum Gasteiger partial charge on any atom is -0.462 e. The van der Waals surface area contributed by atoms with Gasteiger partial charge >= 0.3 is 27.6 Å². The average Bonchev–Trinajstić information content (AvgIpc) is 3.96. The quantitative estimate of drug-likeness (QED) is 0.0148. The molecule has 1 heterocycles. The van der Waals surface area contributed by atoms with Crippen LogP contribution >= 0.6 is 15.6 Å². The first kappa shape index (κ1) is 56.1. The SMILES string of the molecule is CCCCC/C=C\C/C=C\C/C=C\CCCCCCC(=O)O[C@H](COC(=O)CCCCCCCC1OC1C/C=C\CCCCC)COP(=O)(O)OC[C@@H](O)COP(=O)(O)O. The highest BCUT2D eigenvalue weighted by atomic mass is 31.2. The van der Waals surface area contributed by atoms with E-state index in [1.165, 1.54) is 38.5 Å². The highest BCUT2D eigenvalue weighted by molar-refractivity contribution is 7.47. The lowest BCUT2D eigenvalue weighted by molar-refractivity contribution is -0.161. The van der Waals surface area contributed by atoms with E-state index in [2.05, 4.69) is 71.5 Å². The number of rotatable bonds is 41. The van der Waals surface area contributed by atoms with Crippen molar-refractivity contribution in [3.8, 4) is 0 Å². The van der Waals surface area contributed by atoms with Crippen LogP contribution in [0.25, 0.3) is 0 Å². The summed E-state index contributed by atoms with van der Waals surface area (Å²) in [6, 6.07) is 0. The Kier molecular flexibility index (Phi) is 34.1. The van der Waals surface area contributed by atoms with Gasteiger partial charge in [-0.2, -0.15) is 0 Å². The molecule has 1 aliphatic heterocycles. The number of carbonyl (C=O) groups is 2. The van der Waals surface area contributed by atoms with Crippen LogP contribution in [0.1, 0.15) is 168 Å². The van der Waals surface area contributed by atoms with Gasteiger partial charge in [0.2, 0.25) is 0 Å². The molecule has 4 N–H and O–H groups in total. The van der Waals surface area contributed by atoms with Crippen LogP contribution in [0.4, 0.5) is 0 Å². The molecule has 1 aliphatic rings. The van der Waals surface area contributed by atoms with Gasteiger partial charge in [0.1, 0.15) is 12.7 Å². The Balaban J connectivity index is 2.38. The lowest BCUT2D eigenvalue weighted by atomic mass is 10.1. The molecule has 348 valence electrons. The predicted molar refractivity (Wildman–Crippen MR) is 234 cm³/mol. The normalized spacial score (nSPS) is 17.8. The molecule has 0 aromatic rings. The van der Waals surface area contributed by atoms with Crippen LogP contribution < -0.4 is 0 Å². The standard InChI is InChI=1S/C44H78O14P2/c1-3-5-7-9-11-12-13-14-15-16-17-18-19-20-21-25-30-34-44(47)57-40(38-56-60(51,52)55-36-39(45)35-54-59(48,49)50)37-53-43(46)33-29-26-22-24-28-32-42-41(58-42)31-27-23-10-8-6-4-2/h11-12,14-15,17-18,23,27,39-42,45H,3-10,13,16,19-22,24-26,28-38H2,1-2H3,(H,51,52)(H2,48,49,50)/b12-11-,15-14-,18-17-,27-23-/t39-,40+,41?,42?/m0/s1. The van der Waals surface area contributed by atoms with Gasteiger partial charge in [-0.05, 0) is 77.0 Å². The van der Waals surface area contributed by atoms with Crippen molar-refractivity contribution in [2.24, 2.45) is 0 Å². The number of ether oxygens (including phenoxy) is 3. The van der Waals surface area contributed by atoms with Crippen LogP contribution in [-0.2, 0) is 46.5 Å². The zero-order chi connectivity index (χ0) is 44.2. The summed E-state index contributed by atoms with van der Waals surface area (Å²) < 4.78 is 53.6. The monoisotopic (exact) mass is 892 g/mol. The van der Waals surface area contributed by atoms with Gasteiger partial charge < -0.3 is 34.0 Å². The first-order valence-corrected chi connectivity index (χ1v) is 25.5. The van der Waals surface area contributed by atoms with Gasteiger partial charge in [-0.15, -0.1) is 0 Å². The maximum Gasteiger partial charge on any atom is 0.472 e. The van der Waals surface area contributed by atoms with Crippen molar-refractivity contribution < 1.29 is 66.3 Å². The second kappa shape index (κ2) is 36.5. The summed E-state index contributed by atoms with van der Waals surface area (Å²) in [5.74, 6) is -1.08. The van der Waals surface area contributed by atoms with E-state index in [0.29, 0.717) is 25.0 Å². The number of aliphatic hydroxyl groups excluding tert-OH is 1. The van der Waals surface area contributed by atoms with Gasteiger partial charge in [-0.25, -0.2) is 9.13 Å². The van der Waals surface area contributed by atoms with Gasteiger partial charge in [0.05, 0.1) is 32.0 Å². The van der Waals surface area contributed by atoms with E-state index in [1.54, 1.807) is 0 Å². The maximum absolute atomic E-state index is 12.7. The third-order valence-corrected chi connectivity index (χ3v) is 11.0. The molecule has 16 heteroatoms. The zero-order valence-corrected chi connectivity index (χ0v) is 38.3. The molecule has 14 nitrogen and oxygen atoms in total. The topological polar surface area (TPSA) is 208 Å². The Morgan fingerprint density at radius 2 is 1.08 bits per heavy atom. The predicted octanol–water partition coefficient (Wildman–Crippen LogP) is 10.4. The number of hydrogen-bond acceptors (Lipinski definition) is 11. The number of allylic oxidation sites excluding steroid dienone is 7. The van der Waals surface area contributed by atoms with E-state index in [0.717, 1.165) is 89.9 Å². The minimum atomic E-state index is -4.87. The van der Waals surface area contributed by atoms with Crippen LogP contribution in [0.2, 0.25) is 0 Å². The summed E-state index contributed by atoms with van der Waals surface area (Å²) in [5, 5.41) is 9.75. The fraction of sp³-hybridized carbons (Fsp3) is 0.773. The van der Waals surface area contributed by atoms with Crippen molar-refractivity contribution in [2.45, 2.75) is 192 Å². The number of carbonyl (C=O) groups excluding carboxylic acids is 2. The molecule has 3 unspecified atom stereocenters. The van der Waals surface area contributed by atoms with Crippen LogP contribution in [-0.4, -0.2) is 82.6 Å². The van der Waals surface area contributed by atoms with E-state index < -0.39 is 66.2 Å². The number of esters is 2. The van der Waals surface area contributed by atoms with E-state index in [-0.39, 0.29) is 12.8 Å². The van der Waals surface area contributed by atoms with E-state index in [9.17, 15) is 28.7 Å². The lowest BCUT2D eigenvalue weighted by Crippen LogP contribution is -2.30. The van der Waals surface area contributed by atoms with Gasteiger partial charge in [0, 0.05) is 12.8 Å². The Hall–Kier alpha value is -1.96. The molecule has 0 aromatic heterocycles. The van der Waals surface area contributed by atoms with Crippen LogP contribution in [0.15, 0.2) is 48.6 Å². The fourth-order valence-corrected chi connectivity index (χ4v) is 7.22. The number of phosphoric acid groups is 2. The molecular weight excluding hydrogens is 814 g/mol. The van der Waals surface area contributed by atoms with Crippen LogP contribution in [0.3, 0.4) is 0 Å². The van der Waals surface area contributed by atoms with Crippen LogP contribution in [0.5, 0.6) is 0 Å². The lowest BCUT2D eigenvalue weighted by Gasteiger charge is -2.20. The number of hydrogen-bond donors (Lipinski definition) is 4. The molecule has 1 rings (SSSR count). The van der Waals surface area contributed by atoms with Crippen molar-refractivity contribution in [1.29, 1.82) is 0 Å². The Morgan fingerprint density at radius 3 is 1.70 bits per heavy atom. The summed E-state index contributed by atoms with van der Waals surface area (Å²) >= 11 is 0.